The van der Waals surface area contributed by atoms with Crippen LogP contribution in [0, 0.1) is 16.7 Å². The van der Waals surface area contributed by atoms with Crippen molar-refractivity contribution >= 4 is 11.8 Å². The number of carbonyl (C=O) groups is 2. The first-order chi connectivity index (χ1) is 13.5. The molecule has 0 saturated heterocycles. The van der Waals surface area contributed by atoms with Crippen LogP contribution in [0.1, 0.15) is 30.4 Å². The Bertz CT molecular complexity index is 929. The van der Waals surface area contributed by atoms with E-state index in [-0.39, 0.29) is 31.0 Å². The number of nitrogens with zero attached hydrogens (tertiary/aromatic N) is 1. The summed E-state index contributed by atoms with van der Waals surface area (Å²) >= 11 is 0. The number of phenols is 1. The molecule has 0 amide bonds. The number of ether oxygens (including phenoxy) is 1. The molecule has 28 heavy (non-hydrogen) atoms. The van der Waals surface area contributed by atoms with Gasteiger partial charge < -0.3 is 9.84 Å². The number of esters is 1. The first-order valence-electron chi connectivity index (χ1n) is 9.10. The van der Waals surface area contributed by atoms with Gasteiger partial charge in [-0.15, -0.1) is 0 Å². The highest BCUT2D eigenvalue weighted by Gasteiger charge is 2.65. The molecule has 0 aromatic heterocycles. The van der Waals surface area contributed by atoms with E-state index < -0.39 is 16.8 Å². The first-order valence-corrected chi connectivity index (χ1v) is 9.10. The van der Waals surface area contributed by atoms with E-state index >= 15 is 0 Å². The van der Waals surface area contributed by atoms with Gasteiger partial charge in [0.15, 0.2) is 11.2 Å². The van der Waals surface area contributed by atoms with Crippen LogP contribution >= 0.6 is 0 Å². The Morgan fingerprint density at radius 1 is 1.21 bits per heavy atom. The Balaban J connectivity index is 2.35. The molecule has 1 N–H and O–H groups in total. The van der Waals surface area contributed by atoms with E-state index in [0.717, 1.165) is 0 Å². The maximum absolute atomic E-state index is 13.3. The van der Waals surface area contributed by atoms with E-state index in [9.17, 15) is 20.0 Å². The van der Waals surface area contributed by atoms with E-state index in [1.54, 1.807) is 36.4 Å². The number of hydrogen-bond acceptors (Lipinski definition) is 5. The number of phenolic OH excluding ortho intramolecular Hbond substituents is 1. The summed E-state index contributed by atoms with van der Waals surface area (Å²) in [4.78, 5) is 26.5. The fraction of sp³-hybridized carbons (Fsp3) is 0.261. The molecule has 0 aliphatic heterocycles. The van der Waals surface area contributed by atoms with Crippen LogP contribution in [0.4, 0.5) is 0 Å². The van der Waals surface area contributed by atoms with Crippen molar-refractivity contribution < 1.29 is 19.4 Å². The summed E-state index contributed by atoms with van der Waals surface area (Å²) < 4.78 is 5.35. The molecule has 1 saturated carbocycles. The normalized spacial score (nSPS) is 20.8. The average molecular weight is 375 g/mol. The lowest BCUT2D eigenvalue weighted by Crippen LogP contribution is -2.54. The molecular formula is C23H21NO4. The SMILES string of the molecule is C=CCOC(=O)[C@@]1(C(C#N)(c2ccccc2)c2ccc(O)cc2)CCCC1=O. The first kappa shape index (κ1) is 19.4. The van der Waals surface area contributed by atoms with Crippen LogP contribution in [0.15, 0.2) is 67.3 Å². The van der Waals surface area contributed by atoms with E-state index in [4.69, 9.17) is 4.74 Å². The van der Waals surface area contributed by atoms with Crippen molar-refractivity contribution in [3.63, 3.8) is 0 Å². The summed E-state index contributed by atoms with van der Waals surface area (Å²) in [5.41, 5.74) is -2.24. The quantitative estimate of drug-likeness (QED) is 0.473. The van der Waals surface area contributed by atoms with Crippen molar-refractivity contribution in [3.05, 3.63) is 78.4 Å². The summed E-state index contributed by atoms with van der Waals surface area (Å²) in [5.74, 6) is -0.988. The number of carbonyl (C=O) groups excluding carboxylic acids is 2. The molecule has 142 valence electrons. The largest absolute Gasteiger partial charge is 0.508 e. The van der Waals surface area contributed by atoms with E-state index in [1.165, 1.54) is 18.2 Å². The van der Waals surface area contributed by atoms with Crippen LogP contribution < -0.4 is 0 Å². The summed E-state index contributed by atoms with van der Waals surface area (Å²) in [7, 11) is 0. The third-order valence-corrected chi connectivity index (χ3v) is 5.43. The summed E-state index contributed by atoms with van der Waals surface area (Å²) in [6.07, 6.45) is 2.35. The number of nitriles is 1. The van der Waals surface area contributed by atoms with Crippen LogP contribution in [0.2, 0.25) is 0 Å². The minimum Gasteiger partial charge on any atom is -0.508 e. The second-order valence-electron chi connectivity index (χ2n) is 6.84. The van der Waals surface area contributed by atoms with Gasteiger partial charge in [-0.3, -0.25) is 9.59 Å². The predicted molar refractivity (Wildman–Crippen MR) is 103 cm³/mol. The summed E-state index contributed by atoms with van der Waals surface area (Å²) in [6.45, 7) is 3.51. The Kier molecular flexibility index (Phi) is 5.32. The molecule has 5 heteroatoms. The topological polar surface area (TPSA) is 87.4 Å². The molecule has 2 aromatic rings. The monoisotopic (exact) mass is 375 g/mol. The molecule has 1 aliphatic rings. The van der Waals surface area contributed by atoms with Crippen LogP contribution in [0.25, 0.3) is 0 Å². The van der Waals surface area contributed by atoms with Crippen LogP contribution in [0.5, 0.6) is 5.75 Å². The van der Waals surface area contributed by atoms with Crippen molar-refractivity contribution in [1.82, 2.24) is 0 Å². The zero-order valence-corrected chi connectivity index (χ0v) is 15.4. The van der Waals surface area contributed by atoms with E-state index in [0.29, 0.717) is 17.5 Å². The van der Waals surface area contributed by atoms with Gasteiger partial charge in [-0.2, -0.15) is 5.26 Å². The number of rotatable bonds is 6. The van der Waals surface area contributed by atoms with Crippen LogP contribution in [0.3, 0.4) is 0 Å². The second kappa shape index (κ2) is 7.69. The standard InChI is InChI=1S/C23H21NO4/c1-2-15-28-21(27)22(14-6-9-20(22)26)23(16-24,17-7-4-3-5-8-17)18-10-12-19(25)13-11-18/h2-5,7-8,10-13,25H,1,6,9,14-15H2/t22-,23?/m1/s1. The number of ketones is 1. The molecular weight excluding hydrogens is 354 g/mol. The number of hydrogen-bond donors (Lipinski definition) is 1. The van der Waals surface area contributed by atoms with Gasteiger partial charge in [0.25, 0.3) is 0 Å². The van der Waals surface area contributed by atoms with Gasteiger partial charge in [0.2, 0.25) is 0 Å². The predicted octanol–water partition coefficient (Wildman–Crippen LogP) is 3.67. The van der Waals surface area contributed by atoms with Gasteiger partial charge in [0, 0.05) is 6.42 Å². The average Bonchev–Trinajstić information content (AvgIpc) is 3.12. The molecule has 1 fully saturated rings. The fourth-order valence-corrected chi connectivity index (χ4v) is 4.17. The lowest BCUT2D eigenvalue weighted by atomic mass is 9.56. The Hall–Kier alpha value is -3.39. The number of benzene rings is 2. The molecule has 0 bridgehead atoms. The lowest BCUT2D eigenvalue weighted by Gasteiger charge is -2.41. The molecule has 1 aliphatic carbocycles. The van der Waals surface area contributed by atoms with Crippen LogP contribution in [-0.2, 0) is 19.7 Å². The highest BCUT2D eigenvalue weighted by molar-refractivity contribution is 6.08. The third-order valence-electron chi connectivity index (χ3n) is 5.43. The van der Waals surface area contributed by atoms with Crippen molar-refractivity contribution in [2.45, 2.75) is 24.7 Å². The smallest absolute Gasteiger partial charge is 0.322 e. The van der Waals surface area contributed by atoms with Gasteiger partial charge in [0.05, 0.1) is 6.07 Å². The van der Waals surface area contributed by atoms with Crippen molar-refractivity contribution in [3.8, 4) is 11.8 Å². The van der Waals surface area contributed by atoms with Gasteiger partial charge in [-0.1, -0.05) is 55.1 Å². The van der Waals surface area contributed by atoms with Gasteiger partial charge >= 0.3 is 5.97 Å². The summed E-state index contributed by atoms with van der Waals surface area (Å²) in [6, 6.07) is 17.2. The van der Waals surface area contributed by atoms with Crippen molar-refractivity contribution in [2.24, 2.45) is 5.41 Å². The lowest BCUT2D eigenvalue weighted by molar-refractivity contribution is -0.161. The highest BCUT2D eigenvalue weighted by atomic mass is 16.5. The van der Waals surface area contributed by atoms with Crippen molar-refractivity contribution in [2.75, 3.05) is 6.61 Å². The molecule has 5 nitrogen and oxygen atoms in total. The van der Waals surface area contributed by atoms with Crippen molar-refractivity contribution in [1.29, 1.82) is 5.26 Å². The summed E-state index contributed by atoms with van der Waals surface area (Å²) in [5, 5.41) is 20.2. The molecule has 0 heterocycles. The zero-order valence-electron chi connectivity index (χ0n) is 15.4. The maximum atomic E-state index is 13.3. The fourth-order valence-electron chi connectivity index (χ4n) is 4.17. The molecule has 3 rings (SSSR count). The van der Waals surface area contributed by atoms with E-state index in [1.807, 2.05) is 6.07 Å². The molecule has 0 spiro atoms. The minimum absolute atomic E-state index is 0.0321. The molecule has 0 radical (unpaired) electrons. The van der Waals surface area contributed by atoms with Crippen LogP contribution in [-0.4, -0.2) is 23.5 Å². The number of aromatic hydroxyl groups is 1. The Labute approximate surface area is 163 Å². The zero-order chi connectivity index (χ0) is 20.2. The number of Topliss-reactive ketones (excluding diaryl/α,β-unsaturated/α-hetero) is 1. The third kappa shape index (κ3) is 2.78. The molecule has 2 aromatic carbocycles. The minimum atomic E-state index is -1.66. The van der Waals surface area contributed by atoms with E-state index in [2.05, 4.69) is 12.6 Å². The Morgan fingerprint density at radius 2 is 1.86 bits per heavy atom. The maximum Gasteiger partial charge on any atom is 0.322 e. The molecule has 1 unspecified atom stereocenters. The van der Waals surface area contributed by atoms with Gasteiger partial charge in [-0.25, -0.2) is 0 Å². The van der Waals surface area contributed by atoms with Gasteiger partial charge in [0.1, 0.15) is 17.8 Å². The molecule has 2 atom stereocenters. The second-order valence-corrected chi connectivity index (χ2v) is 6.84. The Morgan fingerprint density at radius 3 is 2.39 bits per heavy atom. The highest BCUT2D eigenvalue weighted by Crippen LogP contribution is 2.55. The van der Waals surface area contributed by atoms with Gasteiger partial charge in [-0.05, 0) is 36.1 Å².